The Morgan fingerprint density at radius 2 is 1.89 bits per heavy atom. The number of hydrogen-bond donors (Lipinski definition) is 2. The van der Waals surface area contributed by atoms with Crippen molar-refractivity contribution >= 4 is 50.2 Å². The highest BCUT2D eigenvalue weighted by Gasteiger charge is 2.32. The van der Waals surface area contributed by atoms with E-state index in [9.17, 15) is 0 Å². The zero-order valence-corrected chi connectivity index (χ0v) is 21.0. The summed E-state index contributed by atoms with van der Waals surface area (Å²) in [5.74, 6) is 0.167. The van der Waals surface area contributed by atoms with Gasteiger partial charge in [-0.05, 0) is 80.3 Å². The van der Waals surface area contributed by atoms with Crippen molar-refractivity contribution < 1.29 is 0 Å². The lowest BCUT2D eigenvalue weighted by Gasteiger charge is -2.18. The Morgan fingerprint density at radius 3 is 2.78 bits per heavy atom. The Balaban J connectivity index is 1.45. The minimum Gasteiger partial charge on any atom is -0.268 e. The number of nitrogens with zero attached hydrogens (tertiary/aromatic N) is 5. The minimum absolute atomic E-state index is 0.0826. The van der Waals surface area contributed by atoms with Crippen molar-refractivity contribution in [3.05, 3.63) is 116 Å². The highest BCUT2D eigenvalue weighted by molar-refractivity contribution is 7.84. The van der Waals surface area contributed by atoms with Crippen LogP contribution in [-0.4, -0.2) is 26.4 Å². The summed E-state index contributed by atoms with van der Waals surface area (Å²) in [6, 6.07) is 7.91. The average Bonchev–Trinajstić information content (AvgIpc) is 3.22. The van der Waals surface area contributed by atoms with Crippen molar-refractivity contribution in [3.8, 4) is 11.3 Å². The van der Waals surface area contributed by atoms with Crippen LogP contribution in [0.1, 0.15) is 11.4 Å². The molecule has 0 aromatic rings. The van der Waals surface area contributed by atoms with Gasteiger partial charge in [0, 0.05) is 52.3 Å². The number of hydrogen-bond acceptors (Lipinski definition) is 7. The second-order valence-corrected chi connectivity index (χ2v) is 9.84. The average molecular weight is 504 g/mol. The number of allylic oxidation sites excluding steroid dienone is 5. The Hall–Kier alpha value is -3.81. The standard InChI is InChI=1S/C29H21N5S2/c1-16-9-26(35)22-13-30-7-5-18(28(16)22)11-20-3-4-21-24(33-34-25(21)15-32-20)12-19-6-8-31-14-23-27(36)10-17(2)29(19)23/h3-15,23,29,35-36H,1-2H2/b18-11+,19-12+. The summed E-state index contributed by atoms with van der Waals surface area (Å²) in [6.45, 7) is 8.43. The molecule has 4 aliphatic heterocycles. The molecule has 2 unspecified atom stereocenters. The Kier molecular flexibility index (Phi) is 5.66. The second-order valence-electron chi connectivity index (χ2n) is 8.84. The summed E-state index contributed by atoms with van der Waals surface area (Å²) in [7, 11) is 0. The number of aliphatic imine (C=N–C) groups is 1. The van der Waals surface area contributed by atoms with Crippen LogP contribution in [0, 0.1) is 22.3 Å². The Bertz CT molecular complexity index is 1820. The van der Waals surface area contributed by atoms with Crippen LogP contribution in [0.3, 0.4) is 0 Å². The van der Waals surface area contributed by atoms with Crippen LogP contribution in [-0.2, 0) is 0 Å². The van der Waals surface area contributed by atoms with Crippen molar-refractivity contribution in [1.29, 1.82) is 0 Å². The largest absolute Gasteiger partial charge is 0.268 e. The summed E-state index contributed by atoms with van der Waals surface area (Å²) in [4.78, 5) is 15.2. The van der Waals surface area contributed by atoms with Gasteiger partial charge in [-0.1, -0.05) is 13.2 Å². The first-order valence-electron chi connectivity index (χ1n) is 11.4. The normalized spacial score (nSPS) is 20.8. The smallest absolute Gasteiger partial charge is 0.113 e. The van der Waals surface area contributed by atoms with Gasteiger partial charge in [0.1, 0.15) is 5.69 Å². The zero-order chi connectivity index (χ0) is 24.8. The fourth-order valence-corrected chi connectivity index (χ4v) is 5.58. The fourth-order valence-electron chi connectivity index (χ4n) is 4.88. The van der Waals surface area contributed by atoms with E-state index in [-0.39, 0.29) is 11.8 Å². The van der Waals surface area contributed by atoms with Gasteiger partial charge in [-0.3, -0.25) is 15.0 Å². The van der Waals surface area contributed by atoms with Gasteiger partial charge >= 0.3 is 0 Å². The first kappa shape index (κ1) is 22.6. The van der Waals surface area contributed by atoms with Crippen molar-refractivity contribution in [1.82, 2.24) is 20.2 Å². The summed E-state index contributed by atoms with van der Waals surface area (Å²) in [6.07, 6.45) is 17.2. The van der Waals surface area contributed by atoms with E-state index in [0.717, 1.165) is 64.5 Å². The predicted octanol–water partition coefficient (Wildman–Crippen LogP) is 4.22. The fraction of sp³-hybridized carbons (Fsp3) is 0.0690. The van der Waals surface area contributed by atoms with Crippen LogP contribution >= 0.6 is 25.3 Å². The summed E-state index contributed by atoms with van der Waals surface area (Å²) in [5, 5.41) is 12.7. The van der Waals surface area contributed by atoms with E-state index in [4.69, 9.17) is 0 Å². The molecule has 6 rings (SSSR count). The van der Waals surface area contributed by atoms with E-state index in [1.54, 1.807) is 18.6 Å². The Labute approximate surface area is 219 Å². The monoisotopic (exact) mass is 503 g/mol. The Morgan fingerprint density at radius 1 is 1.00 bits per heavy atom. The van der Waals surface area contributed by atoms with Gasteiger partial charge in [0.15, 0.2) is 0 Å². The maximum Gasteiger partial charge on any atom is 0.113 e. The molecule has 0 bridgehead atoms. The van der Waals surface area contributed by atoms with E-state index < -0.39 is 0 Å². The maximum atomic E-state index is 4.67. The van der Waals surface area contributed by atoms with E-state index in [2.05, 4.69) is 69.6 Å². The van der Waals surface area contributed by atoms with E-state index >= 15 is 0 Å². The van der Waals surface area contributed by atoms with Crippen LogP contribution in [0.5, 0.6) is 0 Å². The lowest BCUT2D eigenvalue weighted by molar-refractivity contribution is 0.704. The SMILES string of the molecule is C=C1C=C(S)C2C=NC=C/C(=C\c3nnc4cnc(/C=c5\ccncc6c(S)cc(=C)c5=6)ccc3-4)C12. The molecule has 0 aromatic carbocycles. The number of aromatic nitrogens is 4. The van der Waals surface area contributed by atoms with Gasteiger partial charge in [0.05, 0.1) is 17.6 Å². The molecule has 0 saturated carbocycles. The second kappa shape index (κ2) is 9.00. The maximum absolute atomic E-state index is 4.67. The molecular formula is C29H21N5S2. The number of thiol groups is 2. The van der Waals surface area contributed by atoms with Crippen molar-refractivity contribution in [3.63, 3.8) is 0 Å². The van der Waals surface area contributed by atoms with Crippen molar-refractivity contribution in [2.24, 2.45) is 16.8 Å². The molecule has 0 aromatic heterocycles. The molecule has 174 valence electrons. The van der Waals surface area contributed by atoms with Crippen molar-refractivity contribution in [2.75, 3.05) is 0 Å². The highest BCUT2D eigenvalue weighted by atomic mass is 32.1. The molecule has 7 heteroatoms. The van der Waals surface area contributed by atoms with Gasteiger partial charge in [0.2, 0.25) is 0 Å². The topological polar surface area (TPSA) is 63.9 Å². The van der Waals surface area contributed by atoms with Gasteiger partial charge in [-0.2, -0.15) is 0 Å². The molecule has 4 heterocycles. The summed E-state index contributed by atoms with van der Waals surface area (Å²) >= 11 is 9.21. The molecule has 0 radical (unpaired) electrons. The van der Waals surface area contributed by atoms with E-state index in [1.807, 2.05) is 54.9 Å². The lowest BCUT2D eigenvalue weighted by Crippen LogP contribution is -2.13. The number of fused-ring (bicyclic) bond motifs is 2. The third-order valence-corrected chi connectivity index (χ3v) is 7.38. The first-order valence-corrected chi connectivity index (χ1v) is 12.3. The van der Waals surface area contributed by atoms with Crippen LogP contribution in [0.2, 0.25) is 0 Å². The van der Waals surface area contributed by atoms with Crippen molar-refractivity contribution in [2.45, 2.75) is 4.90 Å². The molecule has 2 aliphatic carbocycles. The summed E-state index contributed by atoms with van der Waals surface area (Å²) in [5.41, 5.74) is 5.30. The molecule has 0 spiro atoms. The first-order chi connectivity index (χ1) is 17.5. The molecule has 6 aliphatic rings. The van der Waals surface area contributed by atoms with Crippen LogP contribution < -0.4 is 10.4 Å². The van der Waals surface area contributed by atoms with Crippen LogP contribution in [0.15, 0.2) is 93.7 Å². The van der Waals surface area contributed by atoms with Gasteiger partial charge in [-0.25, -0.2) is 0 Å². The molecule has 0 fully saturated rings. The van der Waals surface area contributed by atoms with Crippen LogP contribution in [0.25, 0.3) is 30.0 Å². The number of rotatable bonds is 2. The van der Waals surface area contributed by atoms with Crippen LogP contribution in [0.4, 0.5) is 0 Å². The quantitative estimate of drug-likeness (QED) is 0.402. The minimum atomic E-state index is 0.0826. The third kappa shape index (κ3) is 3.90. The van der Waals surface area contributed by atoms with E-state index in [0.29, 0.717) is 0 Å². The third-order valence-electron chi connectivity index (χ3n) is 6.58. The predicted molar refractivity (Wildman–Crippen MR) is 150 cm³/mol. The molecule has 36 heavy (non-hydrogen) atoms. The van der Waals surface area contributed by atoms with Gasteiger partial charge in [0.25, 0.3) is 0 Å². The molecule has 0 N–H and O–H groups in total. The molecule has 0 amide bonds. The lowest BCUT2D eigenvalue weighted by atomic mass is 9.85. The van der Waals surface area contributed by atoms with Gasteiger partial charge in [-0.15, -0.1) is 35.5 Å². The van der Waals surface area contributed by atoms with E-state index in [1.165, 1.54) is 0 Å². The molecule has 5 nitrogen and oxygen atoms in total. The molecular weight excluding hydrogens is 482 g/mol. The molecule has 2 atom stereocenters. The summed E-state index contributed by atoms with van der Waals surface area (Å²) < 4.78 is 0. The van der Waals surface area contributed by atoms with Gasteiger partial charge < -0.3 is 0 Å². The highest BCUT2D eigenvalue weighted by Crippen LogP contribution is 2.42. The zero-order valence-electron chi connectivity index (χ0n) is 19.2. The molecule has 0 saturated heterocycles.